The summed E-state index contributed by atoms with van der Waals surface area (Å²) >= 11 is 0. The molecule has 3 aromatic heterocycles. The maximum atomic E-state index is 14.6. The zero-order valence-electron chi connectivity index (χ0n) is 18.3. The molecular formula is C23H26F2N6O2. The third-order valence-electron chi connectivity index (χ3n) is 6.62. The Morgan fingerprint density at radius 2 is 1.97 bits per heavy atom. The van der Waals surface area contributed by atoms with E-state index >= 15 is 0 Å². The van der Waals surface area contributed by atoms with Crippen molar-refractivity contribution < 1.29 is 18.3 Å². The molecule has 1 aliphatic carbocycles. The van der Waals surface area contributed by atoms with E-state index in [2.05, 4.69) is 25.1 Å². The van der Waals surface area contributed by atoms with Crippen molar-refractivity contribution >= 4 is 16.9 Å². The highest BCUT2D eigenvalue weighted by atomic mass is 19.1. The number of halogens is 2. The van der Waals surface area contributed by atoms with Gasteiger partial charge in [-0.2, -0.15) is 5.10 Å². The second-order valence-electron chi connectivity index (χ2n) is 8.91. The van der Waals surface area contributed by atoms with Crippen molar-refractivity contribution in [1.82, 2.24) is 30.0 Å². The van der Waals surface area contributed by atoms with Crippen molar-refractivity contribution in [3.63, 3.8) is 0 Å². The number of aromatic amines is 1. The van der Waals surface area contributed by atoms with Crippen LogP contribution in [0.25, 0.3) is 22.6 Å². The number of amides is 1. The lowest BCUT2D eigenvalue weighted by atomic mass is 9.77. The Morgan fingerprint density at radius 1 is 1.15 bits per heavy atom. The summed E-state index contributed by atoms with van der Waals surface area (Å²) < 4.78 is 33.6. The van der Waals surface area contributed by atoms with Crippen molar-refractivity contribution in [1.29, 1.82) is 0 Å². The van der Waals surface area contributed by atoms with E-state index in [4.69, 9.17) is 4.74 Å². The second kappa shape index (κ2) is 9.46. The predicted molar refractivity (Wildman–Crippen MR) is 116 cm³/mol. The van der Waals surface area contributed by atoms with Crippen LogP contribution in [0.4, 0.5) is 8.78 Å². The molecule has 0 spiro atoms. The van der Waals surface area contributed by atoms with Gasteiger partial charge < -0.3 is 9.64 Å². The minimum atomic E-state index is -0.493. The third-order valence-corrected chi connectivity index (χ3v) is 6.62. The van der Waals surface area contributed by atoms with E-state index in [9.17, 15) is 13.6 Å². The van der Waals surface area contributed by atoms with Crippen LogP contribution in [-0.2, 0) is 16.0 Å². The number of carbonyl (C=O) groups is 1. The minimum absolute atomic E-state index is 0.186. The molecule has 174 valence electrons. The van der Waals surface area contributed by atoms with E-state index in [1.54, 1.807) is 0 Å². The van der Waals surface area contributed by atoms with Crippen LogP contribution in [0.5, 0.6) is 0 Å². The molecule has 1 N–H and O–H groups in total. The molecule has 0 bridgehead atoms. The SMILES string of the molecule is O=C(C[C@@H]1CCC[C@H](Cc2nc(-c3[nH]nc4ncc(F)cc34)ncc2F)C1)N1CCOCC1. The molecule has 2 aliphatic rings. The van der Waals surface area contributed by atoms with Gasteiger partial charge in [-0.3, -0.25) is 9.89 Å². The van der Waals surface area contributed by atoms with Crippen LogP contribution in [0.2, 0.25) is 0 Å². The van der Waals surface area contributed by atoms with E-state index < -0.39 is 11.6 Å². The molecule has 4 heterocycles. The summed E-state index contributed by atoms with van der Waals surface area (Å²) in [7, 11) is 0. The van der Waals surface area contributed by atoms with Gasteiger partial charge in [-0.1, -0.05) is 12.8 Å². The molecule has 1 aliphatic heterocycles. The molecular weight excluding hydrogens is 430 g/mol. The Hall–Kier alpha value is -3.01. The number of hydrogen-bond donors (Lipinski definition) is 1. The fraction of sp³-hybridized carbons (Fsp3) is 0.522. The Kier molecular flexibility index (Phi) is 6.26. The lowest BCUT2D eigenvalue weighted by Gasteiger charge is -2.32. The van der Waals surface area contributed by atoms with Crippen LogP contribution >= 0.6 is 0 Å². The van der Waals surface area contributed by atoms with Crippen LogP contribution < -0.4 is 0 Å². The van der Waals surface area contributed by atoms with Gasteiger partial charge in [0.05, 0.1) is 36.7 Å². The zero-order chi connectivity index (χ0) is 22.8. The number of nitrogens with zero attached hydrogens (tertiary/aromatic N) is 5. The standard InChI is InChI=1S/C23H26F2N6O2/c24-16-11-17-21(29-30-22(17)26-12-16)23-27-13-18(25)19(28-23)9-14-2-1-3-15(8-14)10-20(32)31-4-6-33-7-5-31/h11-15H,1-10H2,(H,26,29,30)/t14-,15+/m0/s1. The van der Waals surface area contributed by atoms with E-state index in [1.165, 1.54) is 6.07 Å². The molecule has 0 unspecified atom stereocenters. The summed E-state index contributed by atoms with van der Waals surface area (Å²) in [5.41, 5.74) is 1.09. The molecule has 1 amide bonds. The van der Waals surface area contributed by atoms with Crippen molar-refractivity contribution in [2.24, 2.45) is 11.8 Å². The number of H-pyrrole nitrogens is 1. The molecule has 1 saturated carbocycles. The van der Waals surface area contributed by atoms with Crippen LogP contribution in [0.15, 0.2) is 18.5 Å². The fourth-order valence-corrected chi connectivity index (χ4v) is 4.95. The van der Waals surface area contributed by atoms with Crippen molar-refractivity contribution in [3.8, 4) is 11.5 Å². The molecule has 3 aromatic rings. The largest absolute Gasteiger partial charge is 0.378 e. The molecule has 0 aromatic carbocycles. The summed E-state index contributed by atoms with van der Waals surface area (Å²) in [6, 6.07) is 1.31. The van der Waals surface area contributed by atoms with Gasteiger partial charge >= 0.3 is 0 Å². The smallest absolute Gasteiger partial charge is 0.223 e. The van der Waals surface area contributed by atoms with Crippen LogP contribution in [-0.4, -0.2) is 62.3 Å². The number of rotatable bonds is 5. The predicted octanol–water partition coefficient (Wildman–Crippen LogP) is 3.29. The molecule has 2 fully saturated rings. The first-order valence-corrected chi connectivity index (χ1v) is 11.4. The molecule has 2 atom stereocenters. The van der Waals surface area contributed by atoms with Gasteiger partial charge in [0.1, 0.15) is 11.5 Å². The lowest BCUT2D eigenvalue weighted by Crippen LogP contribution is -2.41. The minimum Gasteiger partial charge on any atom is -0.378 e. The van der Waals surface area contributed by atoms with Crippen molar-refractivity contribution in [3.05, 3.63) is 35.8 Å². The first kappa shape index (κ1) is 21.8. The average Bonchev–Trinajstić information content (AvgIpc) is 3.24. The topological polar surface area (TPSA) is 96.9 Å². The summed E-state index contributed by atoms with van der Waals surface area (Å²) in [6.45, 7) is 2.52. The van der Waals surface area contributed by atoms with E-state index in [-0.39, 0.29) is 17.6 Å². The number of fused-ring (bicyclic) bond motifs is 1. The summed E-state index contributed by atoms with van der Waals surface area (Å²) in [4.78, 5) is 27.0. The van der Waals surface area contributed by atoms with Gasteiger partial charge in [0.15, 0.2) is 17.3 Å². The number of carbonyl (C=O) groups excluding carboxylic acids is 1. The van der Waals surface area contributed by atoms with Crippen molar-refractivity contribution in [2.75, 3.05) is 26.3 Å². The number of aromatic nitrogens is 5. The maximum absolute atomic E-state index is 14.6. The van der Waals surface area contributed by atoms with Gasteiger partial charge in [0, 0.05) is 19.5 Å². The highest BCUT2D eigenvalue weighted by Gasteiger charge is 2.28. The van der Waals surface area contributed by atoms with Crippen LogP contribution in [0.1, 0.15) is 37.8 Å². The first-order chi connectivity index (χ1) is 16.1. The summed E-state index contributed by atoms with van der Waals surface area (Å²) in [6.07, 6.45) is 7.13. The molecule has 1 saturated heterocycles. The number of pyridine rings is 1. The number of hydrogen-bond acceptors (Lipinski definition) is 6. The normalized spacial score (nSPS) is 21.5. The van der Waals surface area contributed by atoms with Crippen molar-refractivity contribution in [2.45, 2.75) is 38.5 Å². The molecule has 10 heteroatoms. The maximum Gasteiger partial charge on any atom is 0.223 e. The number of nitrogens with one attached hydrogen (secondary N) is 1. The number of morpholine rings is 1. The molecule has 0 radical (unpaired) electrons. The Labute approximate surface area is 189 Å². The number of ether oxygens (including phenoxy) is 1. The van der Waals surface area contributed by atoms with E-state index in [1.807, 2.05) is 4.90 Å². The van der Waals surface area contributed by atoms with E-state index in [0.717, 1.165) is 38.1 Å². The van der Waals surface area contributed by atoms with E-state index in [0.29, 0.717) is 67.5 Å². The van der Waals surface area contributed by atoms with Crippen LogP contribution in [0, 0.1) is 23.5 Å². The Balaban J connectivity index is 1.28. The Bertz CT molecular complexity index is 1150. The van der Waals surface area contributed by atoms with Gasteiger partial charge in [-0.15, -0.1) is 0 Å². The van der Waals surface area contributed by atoms with Gasteiger partial charge in [-0.25, -0.2) is 23.7 Å². The molecule has 33 heavy (non-hydrogen) atoms. The van der Waals surface area contributed by atoms with Gasteiger partial charge in [0.25, 0.3) is 0 Å². The zero-order valence-corrected chi connectivity index (χ0v) is 18.3. The average molecular weight is 456 g/mol. The highest BCUT2D eigenvalue weighted by molar-refractivity contribution is 5.88. The Morgan fingerprint density at radius 3 is 2.82 bits per heavy atom. The fourth-order valence-electron chi connectivity index (χ4n) is 4.95. The molecule has 8 nitrogen and oxygen atoms in total. The molecule has 5 rings (SSSR count). The third kappa shape index (κ3) is 4.85. The van der Waals surface area contributed by atoms with Crippen LogP contribution in [0.3, 0.4) is 0 Å². The lowest BCUT2D eigenvalue weighted by molar-refractivity contribution is -0.136. The monoisotopic (exact) mass is 456 g/mol. The second-order valence-corrected chi connectivity index (χ2v) is 8.91. The highest BCUT2D eigenvalue weighted by Crippen LogP contribution is 2.34. The van der Waals surface area contributed by atoms with Gasteiger partial charge in [0.2, 0.25) is 5.91 Å². The van der Waals surface area contributed by atoms with Gasteiger partial charge in [-0.05, 0) is 37.2 Å². The summed E-state index contributed by atoms with van der Waals surface area (Å²) in [5, 5.41) is 7.30. The quantitative estimate of drug-likeness (QED) is 0.633. The first-order valence-electron chi connectivity index (χ1n) is 11.4. The summed E-state index contributed by atoms with van der Waals surface area (Å²) in [5.74, 6) is 0.0403.